The van der Waals surface area contributed by atoms with Crippen molar-refractivity contribution in [1.82, 2.24) is 0 Å². The number of hydrogen-bond donors (Lipinski definition) is 4. The summed E-state index contributed by atoms with van der Waals surface area (Å²) in [5.41, 5.74) is 5.75. The second kappa shape index (κ2) is 6.75. The van der Waals surface area contributed by atoms with Crippen molar-refractivity contribution in [1.29, 1.82) is 0 Å². The van der Waals surface area contributed by atoms with E-state index in [1.807, 2.05) is 6.92 Å². The number of nitrogens with two attached hydrogens (primary N) is 1. The first-order valence-electron chi connectivity index (χ1n) is 6.02. The molecule has 0 heterocycles. The summed E-state index contributed by atoms with van der Waals surface area (Å²) in [6.45, 7) is 1.88. The summed E-state index contributed by atoms with van der Waals surface area (Å²) in [7, 11) is 0. The van der Waals surface area contributed by atoms with Crippen molar-refractivity contribution in [3.63, 3.8) is 0 Å². The van der Waals surface area contributed by atoms with Gasteiger partial charge in [-0.25, -0.2) is 4.79 Å². The van der Waals surface area contributed by atoms with E-state index in [1.165, 1.54) is 18.2 Å². The Bertz CT molecular complexity index is 472. The van der Waals surface area contributed by atoms with Crippen LogP contribution in [0.25, 0.3) is 0 Å². The highest BCUT2D eigenvalue weighted by Gasteiger charge is 2.10. The molecule has 6 nitrogen and oxygen atoms in total. The van der Waals surface area contributed by atoms with Gasteiger partial charge in [0.2, 0.25) is 5.91 Å². The monoisotopic (exact) mass is 266 g/mol. The highest BCUT2D eigenvalue weighted by molar-refractivity contribution is 5.94. The van der Waals surface area contributed by atoms with Crippen LogP contribution in [0.1, 0.15) is 36.5 Å². The van der Waals surface area contributed by atoms with E-state index in [4.69, 9.17) is 10.8 Å². The molecule has 0 fully saturated rings. The van der Waals surface area contributed by atoms with E-state index in [0.29, 0.717) is 18.5 Å². The smallest absolute Gasteiger partial charge is 0.339 e. The summed E-state index contributed by atoms with van der Waals surface area (Å²) in [5.74, 6) is -1.78. The Hall–Kier alpha value is -2.08. The number of carboxylic acid groups (broad SMARTS) is 1. The second-order valence-electron chi connectivity index (χ2n) is 4.45. The van der Waals surface area contributed by atoms with Crippen molar-refractivity contribution >= 4 is 17.6 Å². The van der Waals surface area contributed by atoms with Crippen LogP contribution in [0.3, 0.4) is 0 Å². The molecule has 1 amide bonds. The second-order valence-corrected chi connectivity index (χ2v) is 4.45. The zero-order valence-electron chi connectivity index (χ0n) is 10.7. The maximum atomic E-state index is 11.6. The van der Waals surface area contributed by atoms with Gasteiger partial charge in [-0.05, 0) is 31.9 Å². The molecule has 1 aromatic carbocycles. The molecule has 1 aromatic rings. The van der Waals surface area contributed by atoms with Crippen LogP contribution in [0, 0.1) is 0 Å². The fraction of sp³-hybridized carbons (Fsp3) is 0.385. The van der Waals surface area contributed by atoms with Crippen LogP contribution in [-0.4, -0.2) is 28.1 Å². The Morgan fingerprint density at radius 1 is 1.42 bits per heavy atom. The third kappa shape index (κ3) is 4.97. The number of carbonyl (C=O) groups is 2. The van der Waals surface area contributed by atoms with Crippen molar-refractivity contribution in [2.24, 2.45) is 5.73 Å². The number of hydrogen-bond acceptors (Lipinski definition) is 4. The Balaban J connectivity index is 2.55. The van der Waals surface area contributed by atoms with E-state index >= 15 is 0 Å². The fourth-order valence-corrected chi connectivity index (χ4v) is 1.60. The Morgan fingerprint density at radius 2 is 2.11 bits per heavy atom. The molecule has 0 aliphatic rings. The van der Waals surface area contributed by atoms with E-state index < -0.39 is 5.97 Å². The van der Waals surface area contributed by atoms with Crippen molar-refractivity contribution in [2.75, 3.05) is 5.32 Å². The number of benzene rings is 1. The van der Waals surface area contributed by atoms with Crippen LogP contribution in [0.5, 0.6) is 5.75 Å². The van der Waals surface area contributed by atoms with Crippen molar-refractivity contribution in [3.8, 4) is 5.75 Å². The number of rotatable bonds is 6. The van der Waals surface area contributed by atoms with Gasteiger partial charge >= 0.3 is 5.97 Å². The first-order valence-corrected chi connectivity index (χ1v) is 6.02. The summed E-state index contributed by atoms with van der Waals surface area (Å²) in [6, 6.07) is 3.96. The molecule has 0 aliphatic carbocycles. The maximum Gasteiger partial charge on any atom is 0.339 e. The minimum Gasteiger partial charge on any atom is -0.507 e. The lowest BCUT2D eigenvalue weighted by molar-refractivity contribution is -0.116. The first-order chi connectivity index (χ1) is 8.90. The zero-order valence-corrected chi connectivity index (χ0v) is 10.7. The molecule has 0 bridgehead atoms. The van der Waals surface area contributed by atoms with E-state index in [0.717, 1.165) is 6.42 Å². The third-order valence-corrected chi connectivity index (χ3v) is 2.58. The molecule has 5 N–H and O–H groups in total. The van der Waals surface area contributed by atoms with Gasteiger partial charge in [0, 0.05) is 24.2 Å². The average molecular weight is 266 g/mol. The van der Waals surface area contributed by atoms with Crippen LogP contribution >= 0.6 is 0 Å². The molecule has 6 heteroatoms. The van der Waals surface area contributed by atoms with E-state index in [1.54, 1.807) is 0 Å². The van der Waals surface area contributed by atoms with Crippen molar-refractivity contribution in [2.45, 2.75) is 32.2 Å². The molecule has 0 aliphatic heterocycles. The molecule has 1 rings (SSSR count). The Labute approximate surface area is 111 Å². The van der Waals surface area contributed by atoms with E-state index in [-0.39, 0.29) is 23.3 Å². The quantitative estimate of drug-likeness (QED) is 0.624. The number of aromatic carboxylic acids is 1. The largest absolute Gasteiger partial charge is 0.507 e. The van der Waals surface area contributed by atoms with E-state index in [2.05, 4.69) is 5.32 Å². The van der Waals surface area contributed by atoms with Gasteiger partial charge in [-0.3, -0.25) is 4.79 Å². The molecule has 0 saturated carbocycles. The molecule has 1 unspecified atom stereocenters. The van der Waals surface area contributed by atoms with Crippen LogP contribution < -0.4 is 11.1 Å². The van der Waals surface area contributed by atoms with Gasteiger partial charge in [0.05, 0.1) is 0 Å². The average Bonchev–Trinajstić information content (AvgIpc) is 2.27. The predicted molar refractivity (Wildman–Crippen MR) is 71.2 cm³/mol. The van der Waals surface area contributed by atoms with Crippen LogP contribution in [0.15, 0.2) is 18.2 Å². The molecular weight excluding hydrogens is 248 g/mol. The van der Waals surface area contributed by atoms with Gasteiger partial charge in [0.15, 0.2) is 0 Å². The standard InChI is InChI=1S/C13H18N2O4/c1-8(14)3-2-4-12(17)15-9-5-6-10(13(18)19)11(16)7-9/h5-8,16H,2-4,14H2,1H3,(H,15,17)(H,18,19). The van der Waals surface area contributed by atoms with Gasteiger partial charge < -0.3 is 21.3 Å². The SMILES string of the molecule is CC(N)CCCC(=O)Nc1ccc(C(=O)O)c(O)c1. The van der Waals surface area contributed by atoms with Gasteiger partial charge in [-0.1, -0.05) is 0 Å². The molecular formula is C13H18N2O4. The fourth-order valence-electron chi connectivity index (χ4n) is 1.60. The summed E-state index contributed by atoms with van der Waals surface area (Å²) in [6.07, 6.45) is 1.78. The highest BCUT2D eigenvalue weighted by atomic mass is 16.4. The predicted octanol–water partition coefficient (Wildman–Crippen LogP) is 1.55. The number of aromatic hydroxyl groups is 1. The molecule has 0 spiro atoms. The topological polar surface area (TPSA) is 113 Å². The van der Waals surface area contributed by atoms with Crippen molar-refractivity contribution in [3.05, 3.63) is 23.8 Å². The number of phenols is 1. The number of carboxylic acids is 1. The lowest BCUT2D eigenvalue weighted by atomic mass is 10.1. The first kappa shape index (κ1) is 15.0. The van der Waals surface area contributed by atoms with Crippen LogP contribution in [0.4, 0.5) is 5.69 Å². The van der Waals surface area contributed by atoms with Crippen molar-refractivity contribution < 1.29 is 19.8 Å². The van der Waals surface area contributed by atoms with E-state index in [9.17, 15) is 14.7 Å². The summed E-state index contributed by atoms with van der Waals surface area (Å²) >= 11 is 0. The lowest BCUT2D eigenvalue weighted by Crippen LogP contribution is -2.16. The molecule has 0 saturated heterocycles. The zero-order chi connectivity index (χ0) is 14.4. The van der Waals surface area contributed by atoms with Gasteiger partial charge in [-0.2, -0.15) is 0 Å². The molecule has 19 heavy (non-hydrogen) atoms. The third-order valence-electron chi connectivity index (χ3n) is 2.58. The molecule has 0 radical (unpaired) electrons. The van der Waals surface area contributed by atoms with Gasteiger partial charge in [0.1, 0.15) is 11.3 Å². The molecule has 104 valence electrons. The maximum absolute atomic E-state index is 11.6. The Kier molecular flexibility index (Phi) is 5.32. The summed E-state index contributed by atoms with van der Waals surface area (Å²) in [4.78, 5) is 22.3. The van der Waals surface area contributed by atoms with Crippen LogP contribution in [0.2, 0.25) is 0 Å². The number of carbonyl (C=O) groups excluding carboxylic acids is 1. The molecule has 1 atom stereocenters. The summed E-state index contributed by atoms with van der Waals surface area (Å²) in [5, 5.41) is 20.8. The lowest BCUT2D eigenvalue weighted by Gasteiger charge is -2.08. The number of anilines is 1. The highest BCUT2D eigenvalue weighted by Crippen LogP contribution is 2.22. The number of nitrogens with one attached hydrogen (secondary N) is 1. The summed E-state index contributed by atoms with van der Waals surface area (Å²) < 4.78 is 0. The Morgan fingerprint density at radius 3 is 2.63 bits per heavy atom. The van der Waals surface area contributed by atoms with Gasteiger partial charge in [-0.15, -0.1) is 0 Å². The minimum atomic E-state index is -1.22. The minimum absolute atomic E-state index is 0.0618. The molecule has 0 aromatic heterocycles. The van der Waals surface area contributed by atoms with Crippen LogP contribution in [-0.2, 0) is 4.79 Å². The number of amides is 1. The van der Waals surface area contributed by atoms with Gasteiger partial charge in [0.25, 0.3) is 0 Å². The normalized spacial score (nSPS) is 11.9.